The molecule has 30 heavy (non-hydrogen) atoms. The minimum absolute atomic E-state index is 0. The Labute approximate surface area is 201 Å². The van der Waals surface area contributed by atoms with E-state index in [2.05, 4.69) is 11.1 Å². The van der Waals surface area contributed by atoms with Gasteiger partial charge in [-0.1, -0.05) is 64.7 Å². The van der Waals surface area contributed by atoms with Gasteiger partial charge in [-0.25, -0.2) is 8.42 Å². The van der Waals surface area contributed by atoms with Gasteiger partial charge in [0.2, 0.25) is 10.4 Å². The number of Topliss-reactive ketones (excluding diaryl/α,β-unsaturated/α-hetero) is 1. The third-order valence-corrected chi connectivity index (χ3v) is 4.57. The largest absolute Gasteiger partial charge is 1.00 e. The molecule has 0 amide bonds. The molecule has 0 aromatic heterocycles. The van der Waals surface area contributed by atoms with Crippen molar-refractivity contribution in [3.05, 3.63) is 0 Å². The van der Waals surface area contributed by atoms with Crippen molar-refractivity contribution in [3.63, 3.8) is 0 Å². The fourth-order valence-corrected chi connectivity index (χ4v) is 2.67. The Morgan fingerprint density at radius 1 is 0.900 bits per heavy atom. The molecular weight excluding hydrogens is 431 g/mol. The van der Waals surface area contributed by atoms with Gasteiger partial charge in [0.1, 0.15) is 24.9 Å². The van der Waals surface area contributed by atoms with Gasteiger partial charge >= 0.3 is 29.6 Å². The molecule has 12 heteroatoms. The van der Waals surface area contributed by atoms with Crippen LogP contribution >= 0.6 is 0 Å². The summed E-state index contributed by atoms with van der Waals surface area (Å²) in [5, 5.41) is 43.1. The van der Waals surface area contributed by atoms with Crippen LogP contribution < -0.4 is 29.6 Å². The SMILES string of the molecule is CCCCCCCCCCCCOS(=O)(=O)[O-].O=C(CO)[C@H](O)[C@@H](O)[C@H](O)CO.[Na+]. The number of unbranched alkanes of at least 4 members (excludes halogenated alkanes) is 9. The Hall–Kier alpha value is 0.340. The Morgan fingerprint density at radius 2 is 1.33 bits per heavy atom. The van der Waals surface area contributed by atoms with Crippen LogP contribution in [0.5, 0.6) is 0 Å². The van der Waals surface area contributed by atoms with Gasteiger partial charge < -0.3 is 30.1 Å². The first-order valence-corrected chi connectivity index (χ1v) is 11.3. The van der Waals surface area contributed by atoms with Crippen molar-refractivity contribution in [2.24, 2.45) is 0 Å². The van der Waals surface area contributed by atoms with Crippen LogP contribution in [0.1, 0.15) is 71.1 Å². The summed E-state index contributed by atoms with van der Waals surface area (Å²) >= 11 is 0. The number of aliphatic hydroxyl groups excluding tert-OH is 5. The van der Waals surface area contributed by atoms with Crippen LogP contribution in [0, 0.1) is 0 Å². The van der Waals surface area contributed by atoms with Gasteiger partial charge in [-0.2, -0.15) is 0 Å². The minimum atomic E-state index is -4.48. The maximum atomic E-state index is 10.5. The summed E-state index contributed by atoms with van der Waals surface area (Å²) in [6, 6.07) is 0. The van der Waals surface area contributed by atoms with E-state index in [9.17, 15) is 17.8 Å². The van der Waals surface area contributed by atoms with E-state index in [1.54, 1.807) is 0 Å². The zero-order valence-corrected chi connectivity index (χ0v) is 20.9. The second-order valence-corrected chi connectivity index (χ2v) is 7.77. The first-order chi connectivity index (χ1) is 13.6. The summed E-state index contributed by atoms with van der Waals surface area (Å²) < 4.78 is 34.5. The summed E-state index contributed by atoms with van der Waals surface area (Å²) in [4.78, 5) is 10.5. The van der Waals surface area contributed by atoms with Crippen LogP contribution in [0.25, 0.3) is 0 Å². The number of carbonyl (C=O) groups excluding carboxylic acids is 1. The van der Waals surface area contributed by atoms with Gasteiger partial charge in [-0.05, 0) is 6.42 Å². The predicted octanol–water partition coefficient (Wildman–Crippen LogP) is -2.99. The average molecular weight is 469 g/mol. The van der Waals surface area contributed by atoms with E-state index >= 15 is 0 Å². The van der Waals surface area contributed by atoms with E-state index in [0.29, 0.717) is 6.42 Å². The first-order valence-electron chi connectivity index (χ1n) is 9.99. The van der Waals surface area contributed by atoms with Crippen molar-refractivity contribution in [1.82, 2.24) is 0 Å². The molecule has 5 N–H and O–H groups in total. The average Bonchev–Trinajstić information content (AvgIpc) is 2.69. The second-order valence-electron chi connectivity index (χ2n) is 6.72. The Balaban J connectivity index is -0.000000497. The third kappa shape index (κ3) is 23.0. The van der Waals surface area contributed by atoms with Crippen molar-refractivity contribution >= 4 is 16.2 Å². The van der Waals surface area contributed by atoms with Crippen molar-refractivity contribution in [2.75, 3.05) is 19.8 Å². The summed E-state index contributed by atoms with van der Waals surface area (Å²) in [5.74, 6) is -1.00. The number of hydrogen-bond acceptors (Lipinski definition) is 10. The maximum absolute atomic E-state index is 10.5. The van der Waals surface area contributed by atoms with Crippen molar-refractivity contribution in [1.29, 1.82) is 0 Å². The minimum Gasteiger partial charge on any atom is -0.726 e. The number of ketones is 1. The topological polar surface area (TPSA) is 185 Å². The Morgan fingerprint density at radius 3 is 1.70 bits per heavy atom. The van der Waals surface area contributed by atoms with E-state index in [0.717, 1.165) is 12.8 Å². The standard InChI is InChI=1S/C12H26O4S.C6H12O6.Na/c1-2-3-4-5-6-7-8-9-10-11-12-16-17(13,14)15;7-1-3(9)5(11)6(12)4(10)2-8;/h2-12H2,1H3,(H,13,14,15);3,5-9,11-12H,1-2H2;/q;;+1/p-1/t;3-,5+,6+;/m.1./s1. The molecule has 0 bridgehead atoms. The van der Waals surface area contributed by atoms with Crippen LogP contribution in [0.4, 0.5) is 0 Å². The molecule has 10 nitrogen and oxygen atoms in total. The van der Waals surface area contributed by atoms with Gasteiger partial charge in [0.05, 0.1) is 13.2 Å². The fraction of sp³-hybridized carbons (Fsp3) is 0.944. The molecule has 0 aromatic carbocycles. The van der Waals surface area contributed by atoms with Crippen LogP contribution in [-0.4, -0.2) is 82.4 Å². The van der Waals surface area contributed by atoms with Crippen molar-refractivity contribution in [2.45, 2.75) is 89.4 Å². The molecule has 0 radical (unpaired) electrons. The Kier molecular flexibility index (Phi) is 26.2. The number of aliphatic hydroxyl groups is 5. The maximum Gasteiger partial charge on any atom is 1.00 e. The molecule has 0 saturated carbocycles. The monoisotopic (exact) mass is 468 g/mol. The van der Waals surface area contributed by atoms with Crippen molar-refractivity contribution in [3.8, 4) is 0 Å². The quantitative estimate of drug-likeness (QED) is 0.0638. The van der Waals surface area contributed by atoms with E-state index < -0.39 is 47.7 Å². The van der Waals surface area contributed by atoms with E-state index in [1.807, 2.05) is 0 Å². The first kappa shape index (κ1) is 34.9. The van der Waals surface area contributed by atoms with E-state index in [-0.39, 0.29) is 36.2 Å². The van der Waals surface area contributed by atoms with Gasteiger partial charge in [0, 0.05) is 0 Å². The summed E-state index contributed by atoms with van der Waals surface area (Å²) in [6.07, 6.45) is 6.48. The third-order valence-electron chi connectivity index (χ3n) is 4.12. The second kappa shape index (κ2) is 22.5. The molecule has 0 aliphatic heterocycles. The van der Waals surface area contributed by atoms with Gasteiger partial charge in [-0.3, -0.25) is 8.98 Å². The molecule has 0 spiro atoms. The number of hydrogen-bond donors (Lipinski definition) is 5. The van der Waals surface area contributed by atoms with Crippen molar-refractivity contribution < 1.29 is 77.0 Å². The van der Waals surface area contributed by atoms with Gasteiger partial charge in [0.25, 0.3) is 0 Å². The molecule has 176 valence electrons. The molecule has 0 saturated heterocycles. The molecule has 0 fully saturated rings. The smallest absolute Gasteiger partial charge is 0.726 e. The summed E-state index contributed by atoms with van der Waals surface area (Å²) in [7, 11) is -4.48. The normalized spacial score (nSPS) is 14.1. The van der Waals surface area contributed by atoms with Crippen LogP contribution in [0.3, 0.4) is 0 Å². The number of rotatable bonds is 17. The fourth-order valence-electron chi connectivity index (χ4n) is 2.35. The van der Waals surface area contributed by atoms with E-state index in [4.69, 9.17) is 25.5 Å². The van der Waals surface area contributed by atoms with Gasteiger partial charge in [-0.15, -0.1) is 0 Å². The van der Waals surface area contributed by atoms with Gasteiger partial charge in [0.15, 0.2) is 5.78 Å². The molecule has 3 atom stereocenters. The molecule has 0 aliphatic rings. The molecular formula is C18H37NaO10S. The molecule has 0 aliphatic carbocycles. The van der Waals surface area contributed by atoms with E-state index in [1.165, 1.54) is 44.9 Å². The van der Waals surface area contributed by atoms with Crippen LogP contribution in [0.2, 0.25) is 0 Å². The summed E-state index contributed by atoms with van der Waals surface area (Å²) in [5.41, 5.74) is 0. The Bertz CT molecular complexity index is 489. The van der Waals surface area contributed by atoms with Crippen LogP contribution in [-0.2, 0) is 19.4 Å². The molecule has 0 unspecified atom stereocenters. The zero-order valence-electron chi connectivity index (χ0n) is 18.1. The van der Waals surface area contributed by atoms with Crippen LogP contribution in [0.15, 0.2) is 0 Å². The number of carbonyl (C=O) groups is 1. The predicted molar refractivity (Wildman–Crippen MR) is 105 cm³/mol. The molecule has 0 rings (SSSR count). The molecule has 0 aromatic rings. The zero-order chi connectivity index (χ0) is 22.7. The summed E-state index contributed by atoms with van der Waals surface area (Å²) in [6.45, 7) is 0.555. The molecule has 0 heterocycles.